The average Bonchev–Trinajstić information content (AvgIpc) is 2.67. The van der Waals surface area contributed by atoms with Crippen LogP contribution in [0.3, 0.4) is 0 Å². The molecule has 1 N–H and O–H groups in total. The van der Waals surface area contributed by atoms with E-state index < -0.39 is 23.7 Å². The van der Waals surface area contributed by atoms with E-state index in [0.29, 0.717) is 13.0 Å². The first-order valence-electron chi connectivity index (χ1n) is 9.93. The second-order valence-electron chi connectivity index (χ2n) is 8.24. The maximum absolute atomic E-state index is 12.2. The van der Waals surface area contributed by atoms with E-state index in [9.17, 15) is 9.59 Å². The normalized spacial score (nSPS) is 12.1. The van der Waals surface area contributed by atoms with Crippen LogP contribution in [0.1, 0.15) is 43.0 Å². The number of ether oxygens (including phenoxy) is 3. The number of rotatable bonds is 7. The third-order valence-electron chi connectivity index (χ3n) is 4.50. The van der Waals surface area contributed by atoms with Gasteiger partial charge in [0.2, 0.25) is 0 Å². The van der Waals surface area contributed by atoms with Crippen LogP contribution in [-0.2, 0) is 27.3 Å². The van der Waals surface area contributed by atoms with E-state index in [1.165, 1.54) is 7.11 Å². The van der Waals surface area contributed by atoms with Gasteiger partial charge in [-0.15, -0.1) is 0 Å². The first-order valence-corrected chi connectivity index (χ1v) is 9.93. The van der Waals surface area contributed by atoms with Gasteiger partial charge in [-0.2, -0.15) is 0 Å². The lowest BCUT2D eigenvalue weighted by Crippen LogP contribution is -2.45. The summed E-state index contributed by atoms with van der Waals surface area (Å²) in [5, 5.41) is 2.62. The summed E-state index contributed by atoms with van der Waals surface area (Å²) in [5.41, 5.74) is 3.32. The monoisotopic (exact) mass is 413 g/mol. The molecular formula is C24H31NO5. The number of alkyl carbamates (subject to hydrolysis) is 1. The zero-order valence-corrected chi connectivity index (χ0v) is 18.6. The fourth-order valence-electron chi connectivity index (χ4n) is 3.09. The van der Waals surface area contributed by atoms with Gasteiger partial charge in [0.1, 0.15) is 24.0 Å². The molecule has 2 aromatic rings. The van der Waals surface area contributed by atoms with E-state index in [2.05, 4.69) is 5.32 Å². The minimum absolute atomic E-state index is 0.294. The molecule has 1 amide bonds. The van der Waals surface area contributed by atoms with Gasteiger partial charge in [0.05, 0.1) is 7.11 Å². The van der Waals surface area contributed by atoms with Crippen molar-refractivity contribution in [3.05, 3.63) is 64.7 Å². The molecule has 0 radical (unpaired) electrons. The second-order valence-corrected chi connectivity index (χ2v) is 8.24. The van der Waals surface area contributed by atoms with Gasteiger partial charge in [0.15, 0.2) is 0 Å². The van der Waals surface area contributed by atoms with Crippen molar-refractivity contribution >= 4 is 12.1 Å². The molecule has 0 spiro atoms. The first kappa shape index (κ1) is 23.3. The minimum atomic E-state index is -0.849. The predicted molar refractivity (Wildman–Crippen MR) is 116 cm³/mol. The second kappa shape index (κ2) is 10.1. The van der Waals surface area contributed by atoms with Crippen molar-refractivity contribution in [2.75, 3.05) is 7.11 Å². The van der Waals surface area contributed by atoms with Crippen LogP contribution in [0.2, 0.25) is 0 Å². The van der Waals surface area contributed by atoms with Crippen molar-refractivity contribution in [2.45, 2.75) is 59.3 Å². The van der Waals surface area contributed by atoms with E-state index in [4.69, 9.17) is 14.2 Å². The standard InChI is InChI=1S/C24H31NO5/c1-16-12-19(29-15-18-10-8-7-9-11-18)13-17(2)20(16)14-21(22(26)28-6)25-23(27)30-24(3,4)5/h7-13,21H,14-15H2,1-6H3,(H,25,27). The topological polar surface area (TPSA) is 73.9 Å². The van der Waals surface area contributed by atoms with E-state index in [0.717, 1.165) is 28.0 Å². The number of aryl methyl sites for hydroxylation is 2. The molecular weight excluding hydrogens is 382 g/mol. The lowest BCUT2D eigenvalue weighted by atomic mass is 9.96. The number of carbonyl (C=O) groups is 2. The molecule has 0 aliphatic rings. The summed E-state index contributed by atoms with van der Waals surface area (Å²) < 4.78 is 16.1. The van der Waals surface area contributed by atoms with Crippen LogP contribution in [-0.4, -0.2) is 30.8 Å². The fourth-order valence-corrected chi connectivity index (χ4v) is 3.09. The maximum Gasteiger partial charge on any atom is 0.408 e. The predicted octanol–water partition coefficient (Wildman–Crippen LogP) is 4.49. The molecule has 0 aliphatic carbocycles. The number of carbonyl (C=O) groups excluding carboxylic acids is 2. The van der Waals surface area contributed by atoms with Gasteiger partial charge in [-0.05, 0) is 69.0 Å². The highest BCUT2D eigenvalue weighted by Gasteiger charge is 2.26. The van der Waals surface area contributed by atoms with Gasteiger partial charge in [-0.1, -0.05) is 30.3 Å². The Bertz CT molecular complexity index is 848. The van der Waals surface area contributed by atoms with Crippen molar-refractivity contribution in [1.82, 2.24) is 5.32 Å². The third kappa shape index (κ3) is 7.10. The highest BCUT2D eigenvalue weighted by atomic mass is 16.6. The molecule has 0 saturated heterocycles. The Morgan fingerprint density at radius 1 is 1.03 bits per heavy atom. The Balaban J connectivity index is 2.13. The SMILES string of the molecule is COC(=O)C(Cc1c(C)cc(OCc2ccccc2)cc1C)NC(=O)OC(C)(C)C. The molecule has 2 aromatic carbocycles. The smallest absolute Gasteiger partial charge is 0.408 e. The summed E-state index contributed by atoms with van der Waals surface area (Å²) in [7, 11) is 1.30. The van der Waals surface area contributed by atoms with Crippen LogP contribution in [0.5, 0.6) is 5.75 Å². The summed E-state index contributed by atoms with van der Waals surface area (Å²) in [6, 6.07) is 13.0. The summed E-state index contributed by atoms with van der Waals surface area (Å²) in [6.07, 6.45) is -0.362. The molecule has 2 rings (SSSR count). The van der Waals surface area contributed by atoms with E-state index in [1.54, 1.807) is 20.8 Å². The van der Waals surface area contributed by atoms with Crippen LogP contribution in [0.25, 0.3) is 0 Å². The average molecular weight is 414 g/mol. The summed E-state index contributed by atoms with van der Waals surface area (Å²) in [4.78, 5) is 24.4. The summed E-state index contributed by atoms with van der Waals surface area (Å²) in [5.74, 6) is 0.233. The number of esters is 1. The molecule has 30 heavy (non-hydrogen) atoms. The number of benzene rings is 2. The van der Waals surface area contributed by atoms with E-state index >= 15 is 0 Å². The third-order valence-corrected chi connectivity index (χ3v) is 4.50. The quantitative estimate of drug-likeness (QED) is 0.677. The van der Waals surface area contributed by atoms with E-state index in [1.807, 2.05) is 56.3 Å². The van der Waals surface area contributed by atoms with Gasteiger partial charge in [-0.25, -0.2) is 9.59 Å². The maximum atomic E-state index is 12.2. The molecule has 0 fully saturated rings. The minimum Gasteiger partial charge on any atom is -0.489 e. The highest BCUT2D eigenvalue weighted by molar-refractivity contribution is 5.81. The van der Waals surface area contributed by atoms with Gasteiger partial charge >= 0.3 is 12.1 Å². The molecule has 6 nitrogen and oxygen atoms in total. The Kier molecular flexibility index (Phi) is 7.86. The lowest BCUT2D eigenvalue weighted by molar-refractivity contribution is -0.143. The summed E-state index contributed by atoms with van der Waals surface area (Å²) >= 11 is 0. The molecule has 0 heterocycles. The first-order chi connectivity index (χ1) is 14.1. The van der Waals surface area contributed by atoms with Gasteiger partial charge in [0.25, 0.3) is 0 Å². The van der Waals surface area contributed by atoms with Crippen LogP contribution in [0, 0.1) is 13.8 Å². The molecule has 1 unspecified atom stereocenters. The Morgan fingerprint density at radius 3 is 2.17 bits per heavy atom. The van der Waals surface area contributed by atoms with Crippen molar-refractivity contribution in [2.24, 2.45) is 0 Å². The Hall–Kier alpha value is -3.02. The van der Waals surface area contributed by atoms with Gasteiger partial charge in [-0.3, -0.25) is 0 Å². The number of amides is 1. The largest absolute Gasteiger partial charge is 0.489 e. The number of hydrogen-bond acceptors (Lipinski definition) is 5. The Labute approximate surface area is 178 Å². The van der Waals surface area contributed by atoms with Crippen LogP contribution in [0.15, 0.2) is 42.5 Å². The number of hydrogen-bond donors (Lipinski definition) is 1. The van der Waals surface area contributed by atoms with Crippen molar-refractivity contribution in [3.8, 4) is 5.75 Å². The molecule has 0 aromatic heterocycles. The van der Waals surface area contributed by atoms with Crippen molar-refractivity contribution in [1.29, 1.82) is 0 Å². The Morgan fingerprint density at radius 2 is 1.63 bits per heavy atom. The summed E-state index contributed by atoms with van der Waals surface area (Å²) in [6.45, 7) is 9.69. The van der Waals surface area contributed by atoms with Gasteiger partial charge < -0.3 is 19.5 Å². The van der Waals surface area contributed by atoms with E-state index in [-0.39, 0.29) is 0 Å². The van der Waals surface area contributed by atoms with Crippen molar-refractivity contribution < 1.29 is 23.8 Å². The zero-order valence-electron chi connectivity index (χ0n) is 18.6. The highest BCUT2D eigenvalue weighted by Crippen LogP contribution is 2.24. The molecule has 162 valence electrons. The molecule has 0 aliphatic heterocycles. The lowest BCUT2D eigenvalue weighted by Gasteiger charge is -2.23. The molecule has 0 saturated carbocycles. The van der Waals surface area contributed by atoms with Crippen LogP contribution < -0.4 is 10.1 Å². The zero-order chi connectivity index (χ0) is 22.3. The molecule has 1 atom stereocenters. The fraction of sp³-hybridized carbons (Fsp3) is 0.417. The van der Waals surface area contributed by atoms with Crippen molar-refractivity contribution in [3.63, 3.8) is 0 Å². The van der Waals surface area contributed by atoms with Crippen LogP contribution >= 0.6 is 0 Å². The number of methoxy groups -OCH3 is 1. The molecule has 0 bridgehead atoms. The molecule has 6 heteroatoms. The van der Waals surface area contributed by atoms with Crippen LogP contribution in [0.4, 0.5) is 4.79 Å². The van der Waals surface area contributed by atoms with Gasteiger partial charge in [0, 0.05) is 6.42 Å². The number of nitrogens with one attached hydrogen (secondary N) is 1.